The molecule has 0 aliphatic heterocycles. The quantitative estimate of drug-likeness (QED) is 0.157. The van der Waals surface area contributed by atoms with E-state index in [0.717, 1.165) is 83.8 Å². The van der Waals surface area contributed by atoms with Gasteiger partial charge >= 0.3 is 0 Å². The van der Waals surface area contributed by atoms with Gasteiger partial charge in [0.2, 0.25) is 0 Å². The van der Waals surface area contributed by atoms with E-state index >= 15 is 0 Å². The number of fused-ring (bicyclic) bond motifs is 6. The minimum absolute atomic E-state index is 0.855. The maximum atomic E-state index is 7.03. The molecule has 10 aromatic carbocycles. The number of hydrogen-bond donors (Lipinski definition) is 1. The highest BCUT2D eigenvalue weighted by molar-refractivity contribution is 7.25. The molecule has 0 saturated heterocycles. The van der Waals surface area contributed by atoms with Crippen molar-refractivity contribution in [2.45, 2.75) is 0 Å². The molecule has 0 radical (unpaired) electrons. The zero-order valence-corrected chi connectivity index (χ0v) is 35.6. The third-order valence-corrected chi connectivity index (χ3v) is 13.4. The number of nitrogens with one attached hydrogen (secondary N) is 1. The molecule has 12 rings (SSSR count). The van der Waals surface area contributed by atoms with Gasteiger partial charge in [0.25, 0.3) is 0 Å². The third-order valence-electron chi connectivity index (χ3n) is 12.3. The number of benzene rings is 10. The molecule has 0 bridgehead atoms. The van der Waals surface area contributed by atoms with Gasteiger partial charge in [-0.05, 0) is 106 Å². The summed E-state index contributed by atoms with van der Waals surface area (Å²) in [5, 5.41) is 8.32. The van der Waals surface area contributed by atoms with Crippen molar-refractivity contribution < 1.29 is 4.42 Å². The Labute approximate surface area is 375 Å². The number of rotatable bonds is 9. The van der Waals surface area contributed by atoms with Crippen LogP contribution >= 0.6 is 11.3 Å². The zero-order chi connectivity index (χ0) is 42.4. The summed E-state index contributed by atoms with van der Waals surface area (Å²) in [4.78, 5) is 2.41. The normalized spacial score (nSPS) is 11.4. The van der Waals surface area contributed by atoms with Crippen molar-refractivity contribution in [3.8, 4) is 44.5 Å². The van der Waals surface area contributed by atoms with E-state index in [1.54, 1.807) is 0 Å². The van der Waals surface area contributed by atoms with Crippen molar-refractivity contribution in [2.75, 3.05) is 10.2 Å². The average Bonchev–Trinajstić information content (AvgIpc) is 3.94. The highest BCUT2D eigenvalue weighted by Gasteiger charge is 2.23. The molecule has 0 atom stereocenters. The Kier molecular flexibility index (Phi) is 9.36. The lowest BCUT2D eigenvalue weighted by molar-refractivity contribution is 0.670. The summed E-state index contributed by atoms with van der Waals surface area (Å²) >= 11 is 1.85. The van der Waals surface area contributed by atoms with Crippen LogP contribution in [-0.2, 0) is 0 Å². The van der Waals surface area contributed by atoms with Gasteiger partial charge in [0.05, 0.1) is 11.1 Å². The SMILES string of the molecule is c1ccc(Nc2ccccc2-c2ccc(N(c3ccc4c(c3)sc3cc(-c5ccccc5)ccc34)c3ccc(-c4ccccc4)c4oc5cc(-c6ccccc6)ccc5c34)cc2)cc1. The lowest BCUT2D eigenvalue weighted by Crippen LogP contribution is -2.10. The third kappa shape index (κ3) is 6.78. The molecule has 3 nitrogen and oxygen atoms in total. The van der Waals surface area contributed by atoms with Gasteiger partial charge in [-0.1, -0.05) is 164 Å². The molecule has 302 valence electrons. The molecule has 0 aliphatic rings. The van der Waals surface area contributed by atoms with Crippen LogP contribution in [0.1, 0.15) is 0 Å². The Hall–Kier alpha value is -8.18. The number of thiophene rings is 1. The largest absolute Gasteiger partial charge is 0.455 e. The molecule has 12 aromatic rings. The van der Waals surface area contributed by atoms with Crippen LogP contribution in [0, 0.1) is 0 Å². The van der Waals surface area contributed by atoms with Crippen molar-refractivity contribution in [1.82, 2.24) is 0 Å². The predicted octanol–water partition coefficient (Wildman–Crippen LogP) is 17.8. The Morgan fingerprint density at radius 3 is 1.61 bits per heavy atom. The average molecular weight is 837 g/mol. The van der Waals surface area contributed by atoms with E-state index in [4.69, 9.17) is 4.42 Å². The van der Waals surface area contributed by atoms with Crippen LogP contribution in [-0.4, -0.2) is 0 Å². The first-order valence-corrected chi connectivity index (χ1v) is 22.5. The van der Waals surface area contributed by atoms with Gasteiger partial charge in [-0.25, -0.2) is 0 Å². The molecule has 2 heterocycles. The van der Waals surface area contributed by atoms with Gasteiger partial charge in [0.1, 0.15) is 11.2 Å². The first-order valence-electron chi connectivity index (χ1n) is 21.7. The highest BCUT2D eigenvalue weighted by atomic mass is 32.1. The lowest BCUT2D eigenvalue weighted by Gasteiger charge is -2.27. The number of nitrogens with zero attached hydrogens (tertiary/aromatic N) is 1. The summed E-state index contributed by atoms with van der Waals surface area (Å²) < 4.78 is 9.54. The molecular formula is C60H40N2OS. The van der Waals surface area contributed by atoms with Crippen molar-refractivity contribution in [3.05, 3.63) is 237 Å². The second kappa shape index (κ2) is 15.9. The Balaban J connectivity index is 1.05. The van der Waals surface area contributed by atoms with E-state index in [1.165, 1.54) is 31.3 Å². The van der Waals surface area contributed by atoms with Crippen molar-refractivity contribution in [2.24, 2.45) is 0 Å². The fourth-order valence-corrected chi connectivity index (χ4v) is 10.3. The van der Waals surface area contributed by atoms with Crippen molar-refractivity contribution in [3.63, 3.8) is 0 Å². The molecular weight excluding hydrogens is 797 g/mol. The van der Waals surface area contributed by atoms with Gasteiger partial charge in [-0.2, -0.15) is 0 Å². The second-order valence-electron chi connectivity index (χ2n) is 16.2. The highest BCUT2D eigenvalue weighted by Crippen LogP contribution is 2.48. The molecule has 0 aliphatic carbocycles. The van der Waals surface area contributed by atoms with Crippen LogP contribution in [0.2, 0.25) is 0 Å². The van der Waals surface area contributed by atoms with Crippen LogP contribution < -0.4 is 10.2 Å². The maximum absolute atomic E-state index is 7.03. The standard InChI is InChI=1S/C60H40N2OS/c1-5-15-40(16-6-1)44-28-33-53-56(37-44)63-60-50(42-19-9-3-10-20-42)35-36-55(59(53)60)62(47-29-25-43(26-30-47)49-23-13-14-24-54(49)61-46-21-11-4-12-22-46)48-31-34-52-51-32-27-45(41-17-7-2-8-18-41)38-57(51)64-58(52)39-48/h1-39,61H. The molecule has 0 unspecified atom stereocenters. The maximum Gasteiger partial charge on any atom is 0.145 e. The smallest absolute Gasteiger partial charge is 0.145 e. The summed E-state index contributed by atoms with van der Waals surface area (Å²) in [5.41, 5.74) is 16.2. The van der Waals surface area contributed by atoms with Crippen LogP contribution in [0.5, 0.6) is 0 Å². The molecule has 64 heavy (non-hydrogen) atoms. The van der Waals surface area contributed by atoms with Crippen LogP contribution in [0.4, 0.5) is 28.4 Å². The summed E-state index contributed by atoms with van der Waals surface area (Å²) in [6.45, 7) is 0. The fraction of sp³-hybridized carbons (Fsp3) is 0. The van der Waals surface area contributed by atoms with Gasteiger partial charge in [0.15, 0.2) is 0 Å². The van der Waals surface area contributed by atoms with Crippen LogP contribution in [0.25, 0.3) is 86.6 Å². The van der Waals surface area contributed by atoms with Crippen molar-refractivity contribution >= 4 is 81.9 Å². The summed E-state index contributed by atoms with van der Waals surface area (Å²) in [7, 11) is 0. The van der Waals surface area contributed by atoms with Gasteiger partial charge in [-0.3, -0.25) is 0 Å². The lowest BCUT2D eigenvalue weighted by atomic mass is 9.98. The molecule has 4 heteroatoms. The molecule has 1 N–H and O–H groups in total. The van der Waals surface area contributed by atoms with Gasteiger partial charge in [-0.15, -0.1) is 11.3 Å². The Bertz CT molecular complexity index is 3620. The van der Waals surface area contributed by atoms with E-state index in [2.05, 4.69) is 241 Å². The fourth-order valence-electron chi connectivity index (χ4n) is 9.16. The first kappa shape index (κ1) is 37.6. The molecule has 0 spiro atoms. The van der Waals surface area contributed by atoms with Crippen LogP contribution in [0.15, 0.2) is 241 Å². The summed E-state index contributed by atoms with van der Waals surface area (Å²) in [5.74, 6) is 0. The van der Waals surface area contributed by atoms with E-state index in [1.807, 2.05) is 17.4 Å². The van der Waals surface area contributed by atoms with Gasteiger partial charge < -0.3 is 14.6 Å². The van der Waals surface area contributed by atoms with Crippen LogP contribution in [0.3, 0.4) is 0 Å². The zero-order valence-electron chi connectivity index (χ0n) is 34.8. The monoisotopic (exact) mass is 836 g/mol. The number of hydrogen-bond acceptors (Lipinski definition) is 4. The van der Waals surface area contributed by atoms with Gasteiger partial charge in [0, 0.05) is 59.4 Å². The van der Waals surface area contributed by atoms with E-state index < -0.39 is 0 Å². The summed E-state index contributed by atoms with van der Waals surface area (Å²) in [6, 6.07) is 84.6. The Morgan fingerprint density at radius 2 is 0.906 bits per heavy atom. The first-order chi connectivity index (χ1) is 31.7. The minimum Gasteiger partial charge on any atom is -0.455 e. The van der Waals surface area contributed by atoms with Crippen molar-refractivity contribution in [1.29, 1.82) is 0 Å². The minimum atomic E-state index is 0.855. The number of para-hydroxylation sites is 2. The Morgan fingerprint density at radius 1 is 0.375 bits per heavy atom. The second-order valence-corrected chi connectivity index (χ2v) is 17.2. The molecule has 0 fully saturated rings. The summed E-state index contributed by atoms with van der Waals surface area (Å²) in [6.07, 6.45) is 0. The van der Waals surface area contributed by atoms with E-state index in [9.17, 15) is 0 Å². The molecule has 2 aromatic heterocycles. The number of anilines is 5. The molecule has 0 saturated carbocycles. The topological polar surface area (TPSA) is 28.4 Å². The predicted molar refractivity (Wildman–Crippen MR) is 273 cm³/mol. The molecule has 0 amide bonds. The van der Waals surface area contributed by atoms with E-state index in [-0.39, 0.29) is 0 Å². The number of furan rings is 1. The van der Waals surface area contributed by atoms with E-state index in [0.29, 0.717) is 0 Å².